The van der Waals surface area contributed by atoms with Crippen LogP contribution in [0.4, 0.5) is 0 Å². The van der Waals surface area contributed by atoms with Crippen molar-refractivity contribution >= 4 is 27.3 Å². The summed E-state index contributed by atoms with van der Waals surface area (Å²) in [7, 11) is 0. The van der Waals surface area contributed by atoms with Crippen LogP contribution < -0.4 is 11.1 Å². The van der Waals surface area contributed by atoms with Gasteiger partial charge in [-0.1, -0.05) is 13.8 Å². The van der Waals surface area contributed by atoms with Gasteiger partial charge in [0.15, 0.2) is 0 Å². The SMILES string of the molecule is CC(C)(CCN)CCCNCc1ccc(Br)s1. The summed E-state index contributed by atoms with van der Waals surface area (Å²) in [4.78, 5) is 1.39. The molecule has 0 aliphatic carbocycles. The highest BCUT2D eigenvalue weighted by Gasteiger charge is 2.15. The predicted octanol–water partition coefficient (Wildman–Crippen LogP) is 3.76. The normalized spacial score (nSPS) is 12.0. The molecule has 0 fully saturated rings. The zero-order valence-corrected chi connectivity index (χ0v) is 13.2. The van der Waals surface area contributed by atoms with Crippen molar-refractivity contribution in [2.24, 2.45) is 11.1 Å². The summed E-state index contributed by atoms with van der Waals surface area (Å²) in [5.74, 6) is 0. The Morgan fingerprint density at radius 3 is 2.71 bits per heavy atom. The van der Waals surface area contributed by atoms with Gasteiger partial charge in [-0.05, 0) is 65.8 Å². The van der Waals surface area contributed by atoms with E-state index in [-0.39, 0.29) is 0 Å². The van der Waals surface area contributed by atoms with Crippen LogP contribution in [-0.2, 0) is 6.54 Å². The number of hydrogen-bond acceptors (Lipinski definition) is 3. The molecule has 98 valence electrons. The molecule has 1 aromatic rings. The maximum absolute atomic E-state index is 5.60. The molecule has 4 heteroatoms. The van der Waals surface area contributed by atoms with Gasteiger partial charge in [0.1, 0.15) is 0 Å². The molecule has 0 amide bonds. The number of hydrogen-bond donors (Lipinski definition) is 2. The summed E-state index contributed by atoms with van der Waals surface area (Å²) >= 11 is 5.27. The first-order chi connectivity index (χ1) is 8.03. The van der Waals surface area contributed by atoms with E-state index in [0.29, 0.717) is 5.41 Å². The van der Waals surface area contributed by atoms with Crippen LogP contribution in [0, 0.1) is 5.41 Å². The van der Waals surface area contributed by atoms with E-state index in [0.717, 1.165) is 26.1 Å². The monoisotopic (exact) mass is 318 g/mol. The van der Waals surface area contributed by atoms with E-state index < -0.39 is 0 Å². The molecule has 1 heterocycles. The van der Waals surface area contributed by atoms with Crippen LogP contribution in [0.2, 0.25) is 0 Å². The van der Waals surface area contributed by atoms with Crippen molar-refractivity contribution in [1.29, 1.82) is 0 Å². The Balaban J connectivity index is 2.08. The number of rotatable bonds is 8. The molecule has 17 heavy (non-hydrogen) atoms. The molecule has 0 aliphatic heterocycles. The Morgan fingerprint density at radius 2 is 2.12 bits per heavy atom. The zero-order chi connectivity index (χ0) is 12.7. The topological polar surface area (TPSA) is 38.0 Å². The molecule has 2 nitrogen and oxygen atoms in total. The van der Waals surface area contributed by atoms with Crippen LogP contribution in [-0.4, -0.2) is 13.1 Å². The summed E-state index contributed by atoms with van der Waals surface area (Å²) in [6.07, 6.45) is 3.58. The smallest absolute Gasteiger partial charge is 0.0701 e. The fourth-order valence-electron chi connectivity index (χ4n) is 1.87. The number of thiophene rings is 1. The van der Waals surface area contributed by atoms with Crippen LogP contribution >= 0.6 is 27.3 Å². The van der Waals surface area contributed by atoms with Crippen LogP contribution in [0.25, 0.3) is 0 Å². The van der Waals surface area contributed by atoms with Crippen LogP contribution in [0.3, 0.4) is 0 Å². The van der Waals surface area contributed by atoms with E-state index in [1.165, 1.54) is 21.5 Å². The van der Waals surface area contributed by atoms with Gasteiger partial charge in [-0.2, -0.15) is 0 Å². The van der Waals surface area contributed by atoms with Crippen LogP contribution in [0.1, 0.15) is 38.0 Å². The molecule has 3 N–H and O–H groups in total. The molecule has 0 saturated carbocycles. The van der Waals surface area contributed by atoms with Crippen molar-refractivity contribution in [3.8, 4) is 0 Å². The van der Waals surface area contributed by atoms with Gasteiger partial charge in [-0.15, -0.1) is 11.3 Å². The molecule has 0 aromatic carbocycles. The maximum Gasteiger partial charge on any atom is 0.0701 e. The van der Waals surface area contributed by atoms with Gasteiger partial charge in [-0.25, -0.2) is 0 Å². The van der Waals surface area contributed by atoms with Crippen molar-refractivity contribution in [3.05, 3.63) is 20.8 Å². The molecule has 1 rings (SSSR count). The van der Waals surface area contributed by atoms with E-state index in [4.69, 9.17) is 5.73 Å². The van der Waals surface area contributed by atoms with Crippen molar-refractivity contribution in [3.63, 3.8) is 0 Å². The Hall–Kier alpha value is 0.1000. The summed E-state index contributed by atoms with van der Waals surface area (Å²) < 4.78 is 1.21. The lowest BCUT2D eigenvalue weighted by Gasteiger charge is -2.23. The quantitative estimate of drug-likeness (QED) is 0.716. The number of halogens is 1. The first-order valence-corrected chi connectivity index (χ1v) is 7.79. The molecule has 0 radical (unpaired) electrons. The van der Waals surface area contributed by atoms with Crippen LogP contribution in [0.15, 0.2) is 15.9 Å². The average Bonchev–Trinajstić information content (AvgIpc) is 2.63. The highest BCUT2D eigenvalue weighted by Crippen LogP contribution is 2.25. The van der Waals surface area contributed by atoms with E-state index in [1.54, 1.807) is 11.3 Å². The first kappa shape index (κ1) is 15.2. The Morgan fingerprint density at radius 1 is 1.35 bits per heavy atom. The summed E-state index contributed by atoms with van der Waals surface area (Å²) in [6.45, 7) is 7.47. The highest BCUT2D eigenvalue weighted by atomic mass is 79.9. The van der Waals surface area contributed by atoms with E-state index in [2.05, 4.69) is 47.2 Å². The van der Waals surface area contributed by atoms with Crippen molar-refractivity contribution in [2.75, 3.05) is 13.1 Å². The van der Waals surface area contributed by atoms with Crippen molar-refractivity contribution in [1.82, 2.24) is 5.32 Å². The largest absolute Gasteiger partial charge is 0.330 e. The fraction of sp³-hybridized carbons (Fsp3) is 0.692. The van der Waals surface area contributed by atoms with E-state index in [9.17, 15) is 0 Å². The Bertz CT molecular complexity index is 323. The average molecular weight is 319 g/mol. The first-order valence-electron chi connectivity index (χ1n) is 6.18. The minimum Gasteiger partial charge on any atom is -0.330 e. The Labute approximate surface area is 117 Å². The minimum absolute atomic E-state index is 0.391. The molecular weight excluding hydrogens is 296 g/mol. The third-order valence-corrected chi connectivity index (χ3v) is 4.58. The van der Waals surface area contributed by atoms with Gasteiger partial charge >= 0.3 is 0 Å². The lowest BCUT2D eigenvalue weighted by atomic mass is 9.84. The molecule has 0 bridgehead atoms. The molecule has 0 atom stereocenters. The third-order valence-electron chi connectivity index (χ3n) is 2.96. The molecular formula is C13H23BrN2S. The van der Waals surface area contributed by atoms with Gasteiger partial charge in [0.2, 0.25) is 0 Å². The lowest BCUT2D eigenvalue weighted by molar-refractivity contribution is 0.302. The predicted molar refractivity (Wildman–Crippen MR) is 80.4 cm³/mol. The standard InChI is InChI=1S/C13H23BrN2S/c1-13(2,7-8-15)6-3-9-16-10-11-4-5-12(14)17-11/h4-5,16H,3,6-10,15H2,1-2H3. The van der Waals surface area contributed by atoms with Gasteiger partial charge < -0.3 is 11.1 Å². The summed E-state index contributed by atoms with van der Waals surface area (Å²) in [5, 5.41) is 3.49. The second kappa shape index (κ2) is 7.52. The second-order valence-corrected chi connectivity index (χ2v) is 7.74. The molecule has 0 saturated heterocycles. The van der Waals surface area contributed by atoms with Gasteiger partial charge in [-0.3, -0.25) is 0 Å². The van der Waals surface area contributed by atoms with Gasteiger partial charge in [0.05, 0.1) is 3.79 Å². The second-order valence-electron chi connectivity index (χ2n) is 5.19. The molecule has 0 aliphatic rings. The van der Waals surface area contributed by atoms with Gasteiger partial charge in [0.25, 0.3) is 0 Å². The Kier molecular flexibility index (Phi) is 6.70. The summed E-state index contributed by atoms with van der Waals surface area (Å²) in [5.41, 5.74) is 6.00. The zero-order valence-electron chi connectivity index (χ0n) is 10.8. The lowest BCUT2D eigenvalue weighted by Crippen LogP contribution is -2.20. The fourth-order valence-corrected chi connectivity index (χ4v) is 3.32. The van der Waals surface area contributed by atoms with Crippen molar-refractivity contribution < 1.29 is 0 Å². The van der Waals surface area contributed by atoms with Crippen LogP contribution in [0.5, 0.6) is 0 Å². The highest BCUT2D eigenvalue weighted by molar-refractivity contribution is 9.11. The minimum atomic E-state index is 0.391. The summed E-state index contributed by atoms with van der Waals surface area (Å²) in [6, 6.07) is 4.27. The van der Waals surface area contributed by atoms with Crippen molar-refractivity contribution in [2.45, 2.75) is 39.7 Å². The number of nitrogens with two attached hydrogens (primary N) is 1. The van der Waals surface area contributed by atoms with Gasteiger partial charge in [0, 0.05) is 11.4 Å². The van der Waals surface area contributed by atoms with E-state index >= 15 is 0 Å². The maximum atomic E-state index is 5.60. The van der Waals surface area contributed by atoms with E-state index in [1.807, 2.05) is 0 Å². The molecule has 0 spiro atoms. The number of nitrogens with one attached hydrogen (secondary N) is 1. The molecule has 0 unspecified atom stereocenters. The third kappa shape index (κ3) is 6.55. The molecule has 1 aromatic heterocycles.